The van der Waals surface area contributed by atoms with E-state index in [4.69, 9.17) is 5.73 Å². The zero-order valence-electron chi connectivity index (χ0n) is 8.28. The largest absolute Gasteiger partial charge is 0.417 e. The standard InChI is InChI=1S/C9H9F5N2/c1-4-6(9(12,13)14)5(2-15)3-16-7(4)8(10)11/h3,8H,2,15H2,1H3. The van der Waals surface area contributed by atoms with Gasteiger partial charge in [0.2, 0.25) is 0 Å². The fourth-order valence-corrected chi connectivity index (χ4v) is 1.45. The molecule has 0 atom stereocenters. The van der Waals surface area contributed by atoms with Gasteiger partial charge in [0.05, 0.1) is 5.56 Å². The van der Waals surface area contributed by atoms with Gasteiger partial charge in [-0.05, 0) is 18.1 Å². The molecule has 0 spiro atoms. The van der Waals surface area contributed by atoms with E-state index in [1.165, 1.54) is 0 Å². The van der Waals surface area contributed by atoms with Crippen molar-refractivity contribution in [3.63, 3.8) is 0 Å². The Morgan fingerprint density at radius 3 is 2.31 bits per heavy atom. The number of hydrogen-bond acceptors (Lipinski definition) is 2. The highest BCUT2D eigenvalue weighted by Gasteiger charge is 2.37. The molecule has 0 saturated carbocycles. The molecule has 0 bridgehead atoms. The second-order valence-electron chi connectivity index (χ2n) is 3.17. The average Bonchev–Trinajstić information content (AvgIpc) is 2.14. The number of nitrogens with zero attached hydrogens (tertiary/aromatic N) is 1. The van der Waals surface area contributed by atoms with Crippen molar-refractivity contribution in [2.24, 2.45) is 5.73 Å². The zero-order chi connectivity index (χ0) is 12.5. The number of aromatic nitrogens is 1. The van der Waals surface area contributed by atoms with Crippen LogP contribution >= 0.6 is 0 Å². The summed E-state index contributed by atoms with van der Waals surface area (Å²) in [6, 6.07) is 0. The Hall–Kier alpha value is -1.24. The van der Waals surface area contributed by atoms with Gasteiger partial charge in [-0.3, -0.25) is 4.98 Å². The van der Waals surface area contributed by atoms with Crippen LogP contribution in [0.15, 0.2) is 6.20 Å². The second-order valence-corrected chi connectivity index (χ2v) is 3.17. The van der Waals surface area contributed by atoms with E-state index in [1.807, 2.05) is 0 Å². The van der Waals surface area contributed by atoms with Crippen molar-refractivity contribution >= 4 is 0 Å². The van der Waals surface area contributed by atoms with Crippen molar-refractivity contribution in [2.45, 2.75) is 26.1 Å². The van der Waals surface area contributed by atoms with Crippen molar-refractivity contribution in [2.75, 3.05) is 0 Å². The van der Waals surface area contributed by atoms with E-state index < -0.39 is 36.0 Å². The lowest BCUT2D eigenvalue weighted by atomic mass is 10.0. The molecule has 7 heteroatoms. The lowest BCUT2D eigenvalue weighted by Gasteiger charge is -2.16. The van der Waals surface area contributed by atoms with Crippen molar-refractivity contribution in [3.05, 3.63) is 28.6 Å². The maximum Gasteiger partial charge on any atom is 0.417 e. The van der Waals surface area contributed by atoms with Gasteiger partial charge in [-0.2, -0.15) is 13.2 Å². The molecular formula is C9H9F5N2. The fourth-order valence-electron chi connectivity index (χ4n) is 1.45. The molecule has 1 aromatic rings. The molecule has 2 N–H and O–H groups in total. The third-order valence-corrected chi connectivity index (χ3v) is 2.15. The molecule has 2 nitrogen and oxygen atoms in total. The molecule has 0 amide bonds. The van der Waals surface area contributed by atoms with Gasteiger partial charge in [-0.15, -0.1) is 0 Å². The van der Waals surface area contributed by atoms with E-state index in [0.29, 0.717) is 0 Å². The summed E-state index contributed by atoms with van der Waals surface area (Å²) in [4.78, 5) is 3.29. The zero-order valence-corrected chi connectivity index (χ0v) is 8.28. The molecule has 0 aliphatic rings. The highest BCUT2D eigenvalue weighted by molar-refractivity contribution is 5.38. The van der Waals surface area contributed by atoms with E-state index in [-0.39, 0.29) is 5.56 Å². The van der Waals surface area contributed by atoms with Gasteiger partial charge in [-0.1, -0.05) is 0 Å². The van der Waals surface area contributed by atoms with Gasteiger partial charge in [0.25, 0.3) is 6.43 Å². The Labute approximate surface area is 88.3 Å². The van der Waals surface area contributed by atoms with Crippen molar-refractivity contribution in [1.82, 2.24) is 4.98 Å². The summed E-state index contributed by atoms with van der Waals surface area (Å²) in [5.74, 6) is 0. The molecular weight excluding hydrogens is 231 g/mol. The van der Waals surface area contributed by atoms with Crippen LogP contribution in [0.4, 0.5) is 22.0 Å². The first-order valence-electron chi connectivity index (χ1n) is 4.32. The SMILES string of the molecule is Cc1c(C(F)F)ncc(CN)c1C(F)(F)F. The average molecular weight is 240 g/mol. The molecule has 90 valence electrons. The van der Waals surface area contributed by atoms with Gasteiger partial charge in [0.15, 0.2) is 0 Å². The monoisotopic (exact) mass is 240 g/mol. The summed E-state index contributed by atoms with van der Waals surface area (Å²) >= 11 is 0. The maximum atomic E-state index is 12.6. The summed E-state index contributed by atoms with van der Waals surface area (Å²) in [6.45, 7) is 0.572. The van der Waals surface area contributed by atoms with Crippen LogP contribution in [0.25, 0.3) is 0 Å². The van der Waals surface area contributed by atoms with Gasteiger partial charge in [-0.25, -0.2) is 8.78 Å². The van der Waals surface area contributed by atoms with Crippen LogP contribution in [0.2, 0.25) is 0 Å². The molecule has 1 heterocycles. The quantitative estimate of drug-likeness (QED) is 0.807. The number of halogens is 5. The Morgan fingerprint density at radius 1 is 1.38 bits per heavy atom. The number of alkyl halides is 5. The summed E-state index contributed by atoms with van der Waals surface area (Å²) in [5.41, 5.74) is 2.30. The van der Waals surface area contributed by atoms with Crippen molar-refractivity contribution < 1.29 is 22.0 Å². The van der Waals surface area contributed by atoms with Crippen LogP contribution in [-0.4, -0.2) is 4.98 Å². The molecule has 0 aliphatic carbocycles. The molecule has 1 rings (SSSR count). The Kier molecular flexibility index (Phi) is 3.47. The molecule has 16 heavy (non-hydrogen) atoms. The molecule has 0 fully saturated rings. The van der Waals surface area contributed by atoms with Gasteiger partial charge < -0.3 is 5.73 Å². The van der Waals surface area contributed by atoms with E-state index >= 15 is 0 Å². The molecule has 0 radical (unpaired) electrons. The molecule has 0 unspecified atom stereocenters. The second kappa shape index (κ2) is 4.32. The van der Waals surface area contributed by atoms with Crippen molar-refractivity contribution in [1.29, 1.82) is 0 Å². The lowest BCUT2D eigenvalue weighted by molar-refractivity contribution is -0.138. The molecule has 0 aromatic carbocycles. The number of rotatable bonds is 2. The summed E-state index contributed by atoms with van der Waals surface area (Å²) in [6.07, 6.45) is -6.99. The normalized spacial score (nSPS) is 12.2. The Morgan fingerprint density at radius 2 is 1.94 bits per heavy atom. The van der Waals surface area contributed by atoms with Crippen LogP contribution < -0.4 is 5.73 Å². The van der Waals surface area contributed by atoms with Crippen LogP contribution in [0.1, 0.15) is 28.8 Å². The topological polar surface area (TPSA) is 38.9 Å². The van der Waals surface area contributed by atoms with Gasteiger partial charge in [0, 0.05) is 12.7 Å². The predicted octanol–water partition coefficient (Wildman–Crippen LogP) is 2.81. The summed E-state index contributed by atoms with van der Waals surface area (Å²) in [7, 11) is 0. The minimum atomic E-state index is -4.70. The molecule has 0 saturated heterocycles. The fraction of sp³-hybridized carbons (Fsp3) is 0.444. The van der Waals surface area contributed by atoms with E-state index in [1.54, 1.807) is 0 Å². The first-order valence-corrected chi connectivity index (χ1v) is 4.32. The minimum Gasteiger partial charge on any atom is -0.326 e. The van der Waals surface area contributed by atoms with Gasteiger partial charge >= 0.3 is 6.18 Å². The highest BCUT2D eigenvalue weighted by Crippen LogP contribution is 2.36. The number of pyridine rings is 1. The van der Waals surface area contributed by atoms with Crippen LogP contribution in [0, 0.1) is 6.92 Å². The third-order valence-electron chi connectivity index (χ3n) is 2.15. The summed E-state index contributed by atoms with van der Waals surface area (Å²) < 4.78 is 62.6. The minimum absolute atomic E-state index is 0.283. The van der Waals surface area contributed by atoms with E-state index in [2.05, 4.69) is 4.98 Å². The summed E-state index contributed by atoms with van der Waals surface area (Å²) in [5, 5.41) is 0. The molecule has 0 aliphatic heterocycles. The van der Waals surface area contributed by atoms with Gasteiger partial charge in [0.1, 0.15) is 5.69 Å². The predicted molar refractivity (Wildman–Crippen MR) is 46.8 cm³/mol. The Bertz CT molecular complexity index is 386. The first kappa shape index (κ1) is 12.8. The third kappa shape index (κ3) is 2.29. The number of hydrogen-bond donors (Lipinski definition) is 1. The van der Waals surface area contributed by atoms with Crippen LogP contribution in [0.3, 0.4) is 0 Å². The van der Waals surface area contributed by atoms with Crippen LogP contribution in [-0.2, 0) is 12.7 Å². The van der Waals surface area contributed by atoms with E-state index in [9.17, 15) is 22.0 Å². The number of nitrogens with two attached hydrogens (primary N) is 1. The lowest BCUT2D eigenvalue weighted by Crippen LogP contribution is -2.16. The van der Waals surface area contributed by atoms with Crippen molar-refractivity contribution in [3.8, 4) is 0 Å². The van der Waals surface area contributed by atoms with E-state index in [0.717, 1.165) is 13.1 Å². The smallest absolute Gasteiger partial charge is 0.326 e. The maximum absolute atomic E-state index is 12.6. The molecule has 1 aromatic heterocycles. The van der Waals surface area contributed by atoms with Crippen LogP contribution in [0.5, 0.6) is 0 Å². The highest BCUT2D eigenvalue weighted by atomic mass is 19.4. The first-order chi connectivity index (χ1) is 7.29. The Balaban J connectivity index is 3.47.